The van der Waals surface area contributed by atoms with Crippen molar-refractivity contribution in [1.29, 1.82) is 0 Å². The van der Waals surface area contributed by atoms with E-state index in [2.05, 4.69) is 0 Å². The smallest absolute Gasteiger partial charge is 0.297 e. The Morgan fingerprint density at radius 2 is 1.43 bits per heavy atom. The summed E-state index contributed by atoms with van der Waals surface area (Å²) in [6.07, 6.45) is -1.69. The van der Waals surface area contributed by atoms with Gasteiger partial charge in [-0.25, -0.2) is 0 Å². The summed E-state index contributed by atoms with van der Waals surface area (Å²) in [5.41, 5.74) is -0.229. The minimum Gasteiger partial charge on any atom is -0.396 e. The van der Waals surface area contributed by atoms with E-state index >= 15 is 0 Å². The maximum atomic E-state index is 13.4. The molecule has 3 aromatic rings. The quantitative estimate of drug-likeness (QED) is 0.285. The second kappa shape index (κ2) is 12.5. The summed E-state index contributed by atoms with van der Waals surface area (Å²) >= 11 is 0. The van der Waals surface area contributed by atoms with Gasteiger partial charge in [0.25, 0.3) is 10.1 Å². The number of hydrogen-bond donors (Lipinski definition) is 1. The molecule has 2 aliphatic rings. The SMILES string of the molecule is Cc1ccc(S(=O)(=O)OC[C@]2(COCc3ccccc3)O[C@@H]3OC(C)(C)O[C@@H]3[C@]2(CCO)OCc2ccccc2)cc1. The highest BCUT2D eigenvalue weighted by molar-refractivity contribution is 7.86. The van der Waals surface area contributed by atoms with Crippen LogP contribution in [0, 0.1) is 6.92 Å². The number of aliphatic hydroxyl groups is 1. The molecule has 2 saturated heterocycles. The minimum absolute atomic E-state index is 0.0123. The van der Waals surface area contributed by atoms with E-state index in [1.807, 2.05) is 67.6 Å². The van der Waals surface area contributed by atoms with Crippen LogP contribution in [-0.4, -0.2) is 62.7 Å². The van der Waals surface area contributed by atoms with E-state index in [4.69, 9.17) is 27.9 Å². The molecule has 0 saturated carbocycles. The van der Waals surface area contributed by atoms with Crippen molar-refractivity contribution in [3.8, 4) is 0 Å². The molecule has 5 rings (SSSR count). The lowest BCUT2D eigenvalue weighted by molar-refractivity contribution is -0.288. The predicted octanol–water partition coefficient (Wildman–Crippen LogP) is 4.50. The van der Waals surface area contributed by atoms with Gasteiger partial charge in [-0.1, -0.05) is 78.4 Å². The molecule has 3 aromatic carbocycles. The zero-order valence-electron chi connectivity index (χ0n) is 24.1. The van der Waals surface area contributed by atoms with Crippen molar-refractivity contribution < 1.29 is 41.4 Å². The Morgan fingerprint density at radius 1 is 0.810 bits per heavy atom. The fourth-order valence-corrected chi connectivity index (χ4v) is 6.48. The Hall–Kier alpha value is -2.67. The van der Waals surface area contributed by atoms with Gasteiger partial charge in [-0.2, -0.15) is 8.42 Å². The largest absolute Gasteiger partial charge is 0.396 e. The fourth-order valence-electron chi connectivity index (χ4n) is 5.53. The van der Waals surface area contributed by atoms with Gasteiger partial charge in [0, 0.05) is 13.0 Å². The van der Waals surface area contributed by atoms with E-state index in [1.165, 1.54) is 12.1 Å². The van der Waals surface area contributed by atoms with Gasteiger partial charge in [0.15, 0.2) is 17.7 Å². The normalized spacial score (nSPS) is 26.8. The lowest BCUT2D eigenvalue weighted by atomic mass is 9.78. The molecule has 9 nitrogen and oxygen atoms in total. The Morgan fingerprint density at radius 3 is 2.05 bits per heavy atom. The average Bonchev–Trinajstić information content (AvgIpc) is 3.40. The molecule has 42 heavy (non-hydrogen) atoms. The molecule has 2 heterocycles. The number of hydrogen-bond acceptors (Lipinski definition) is 9. The predicted molar refractivity (Wildman–Crippen MR) is 154 cm³/mol. The zero-order chi connectivity index (χ0) is 29.8. The second-order valence-electron chi connectivity index (χ2n) is 11.2. The lowest BCUT2D eigenvalue weighted by Gasteiger charge is -2.45. The molecule has 0 amide bonds. The first-order chi connectivity index (χ1) is 20.1. The Bertz CT molecular complexity index is 1410. The standard InChI is InChI=1S/C32H38O9S/c1-24-14-16-27(17-15-24)42(34,35)38-23-31(22-36-20-25-10-6-4-7-11-25)32(18-19-33,37-21-26-12-8-5-9-13-26)28-29(41-31)40-30(2,3)39-28/h4-17,28-29,33H,18-23H2,1-3H3/t28-,29-,31-,32-/m0/s1. The zero-order valence-corrected chi connectivity index (χ0v) is 24.9. The van der Waals surface area contributed by atoms with Crippen LogP contribution in [-0.2, 0) is 51.2 Å². The summed E-state index contributed by atoms with van der Waals surface area (Å²) < 4.78 is 64.3. The van der Waals surface area contributed by atoms with Crippen LogP contribution < -0.4 is 0 Å². The van der Waals surface area contributed by atoms with E-state index in [0.29, 0.717) is 0 Å². The van der Waals surface area contributed by atoms with Gasteiger partial charge in [0.2, 0.25) is 0 Å². The summed E-state index contributed by atoms with van der Waals surface area (Å²) in [6.45, 7) is 4.89. The van der Waals surface area contributed by atoms with Crippen LogP contribution in [0.2, 0.25) is 0 Å². The van der Waals surface area contributed by atoms with E-state index in [9.17, 15) is 13.5 Å². The molecule has 226 valence electrons. The number of fused-ring (bicyclic) bond motifs is 1. The van der Waals surface area contributed by atoms with Crippen LogP contribution in [0.3, 0.4) is 0 Å². The van der Waals surface area contributed by atoms with Crippen molar-refractivity contribution in [3.05, 3.63) is 102 Å². The Kier molecular flexibility index (Phi) is 9.17. The van der Waals surface area contributed by atoms with E-state index in [1.54, 1.807) is 26.0 Å². The van der Waals surface area contributed by atoms with Crippen LogP contribution >= 0.6 is 0 Å². The molecule has 0 spiro atoms. The molecule has 0 unspecified atom stereocenters. The third-order valence-electron chi connectivity index (χ3n) is 7.66. The van der Waals surface area contributed by atoms with Gasteiger partial charge in [-0.15, -0.1) is 0 Å². The van der Waals surface area contributed by atoms with E-state index in [0.717, 1.165) is 16.7 Å². The summed E-state index contributed by atoms with van der Waals surface area (Å²) in [5.74, 6) is -1.00. The fraction of sp³-hybridized carbons (Fsp3) is 0.438. The molecule has 4 atom stereocenters. The van der Waals surface area contributed by atoms with Crippen molar-refractivity contribution in [2.75, 3.05) is 19.8 Å². The molecule has 0 bridgehead atoms. The van der Waals surface area contributed by atoms with Crippen molar-refractivity contribution >= 4 is 10.1 Å². The van der Waals surface area contributed by atoms with Crippen molar-refractivity contribution in [2.45, 2.75) is 74.7 Å². The number of rotatable bonds is 13. The highest BCUT2D eigenvalue weighted by atomic mass is 32.2. The summed E-state index contributed by atoms with van der Waals surface area (Å²) in [5, 5.41) is 10.4. The van der Waals surface area contributed by atoms with Crippen molar-refractivity contribution in [2.24, 2.45) is 0 Å². The molecule has 2 fully saturated rings. The molecule has 10 heteroatoms. The van der Waals surface area contributed by atoms with E-state index in [-0.39, 0.29) is 37.7 Å². The van der Waals surface area contributed by atoms with E-state index < -0.39 is 46.1 Å². The first-order valence-electron chi connectivity index (χ1n) is 14.0. The highest BCUT2D eigenvalue weighted by Gasteiger charge is 2.72. The first-order valence-corrected chi connectivity index (χ1v) is 15.4. The minimum atomic E-state index is -4.19. The molecule has 1 N–H and O–H groups in total. The third-order valence-corrected chi connectivity index (χ3v) is 8.93. The monoisotopic (exact) mass is 598 g/mol. The highest BCUT2D eigenvalue weighted by Crippen LogP contribution is 2.53. The van der Waals surface area contributed by atoms with Crippen molar-refractivity contribution in [1.82, 2.24) is 0 Å². The topological polar surface area (TPSA) is 110 Å². The summed E-state index contributed by atoms with van der Waals surface area (Å²) in [4.78, 5) is 0.0123. The van der Waals surface area contributed by atoms with Gasteiger partial charge in [0.1, 0.15) is 18.3 Å². The molecule has 0 aliphatic carbocycles. The van der Waals surface area contributed by atoms with Crippen LogP contribution in [0.15, 0.2) is 89.8 Å². The first kappa shape index (κ1) is 30.8. The molecular weight excluding hydrogens is 560 g/mol. The third kappa shape index (κ3) is 6.46. The summed E-state index contributed by atoms with van der Waals surface area (Å²) in [7, 11) is -4.19. The van der Waals surface area contributed by atoms with Crippen LogP contribution in [0.1, 0.15) is 37.0 Å². The lowest BCUT2D eigenvalue weighted by Crippen LogP contribution is -2.64. The second-order valence-corrected chi connectivity index (χ2v) is 12.8. The summed E-state index contributed by atoms with van der Waals surface area (Å²) in [6, 6.07) is 25.5. The number of aliphatic hydroxyl groups excluding tert-OH is 1. The maximum absolute atomic E-state index is 13.4. The Labute approximate surface area is 247 Å². The van der Waals surface area contributed by atoms with Gasteiger partial charge in [0.05, 0.1) is 24.7 Å². The Balaban J connectivity index is 1.52. The molecule has 0 radical (unpaired) electrons. The van der Waals surface area contributed by atoms with Gasteiger partial charge >= 0.3 is 0 Å². The number of ether oxygens (including phenoxy) is 5. The van der Waals surface area contributed by atoms with Crippen LogP contribution in [0.25, 0.3) is 0 Å². The maximum Gasteiger partial charge on any atom is 0.297 e. The van der Waals surface area contributed by atoms with Gasteiger partial charge < -0.3 is 28.8 Å². The average molecular weight is 599 g/mol. The molecule has 0 aromatic heterocycles. The van der Waals surface area contributed by atoms with Gasteiger partial charge in [-0.3, -0.25) is 4.18 Å². The van der Waals surface area contributed by atoms with Crippen LogP contribution in [0.4, 0.5) is 0 Å². The molecule has 2 aliphatic heterocycles. The number of aryl methyl sites for hydroxylation is 1. The van der Waals surface area contributed by atoms with Gasteiger partial charge in [-0.05, 0) is 44.0 Å². The number of benzene rings is 3. The van der Waals surface area contributed by atoms with Crippen molar-refractivity contribution in [3.63, 3.8) is 0 Å². The molecular formula is C32H38O9S. The van der Waals surface area contributed by atoms with Crippen LogP contribution in [0.5, 0.6) is 0 Å².